The fourth-order valence-corrected chi connectivity index (χ4v) is 3.68. The van der Waals surface area contributed by atoms with Gasteiger partial charge in [-0.1, -0.05) is 23.7 Å². The van der Waals surface area contributed by atoms with Gasteiger partial charge in [0.15, 0.2) is 0 Å². The van der Waals surface area contributed by atoms with Crippen molar-refractivity contribution in [3.8, 4) is 0 Å². The average Bonchev–Trinajstić information content (AvgIpc) is 2.94. The Balaban J connectivity index is 1.46. The first kappa shape index (κ1) is 15.2. The highest BCUT2D eigenvalue weighted by molar-refractivity contribution is 9.10. The SMILES string of the molecule is Clc1ccc(CCN2CCN(c3nc(Br)ns3)CC2)cc1. The van der Waals surface area contributed by atoms with Gasteiger partial charge in [0.2, 0.25) is 9.87 Å². The summed E-state index contributed by atoms with van der Waals surface area (Å²) >= 11 is 10.7. The minimum Gasteiger partial charge on any atom is -0.344 e. The molecule has 1 saturated heterocycles. The first-order valence-corrected chi connectivity index (χ1v) is 8.86. The van der Waals surface area contributed by atoms with Gasteiger partial charge in [-0.25, -0.2) is 0 Å². The average molecular weight is 388 g/mol. The molecular formula is C14H16BrClN4S. The summed E-state index contributed by atoms with van der Waals surface area (Å²) in [5.74, 6) is 0. The van der Waals surface area contributed by atoms with Crippen molar-refractivity contribution >= 4 is 44.2 Å². The largest absolute Gasteiger partial charge is 0.344 e. The number of hydrogen-bond acceptors (Lipinski definition) is 5. The summed E-state index contributed by atoms with van der Waals surface area (Å²) < 4.78 is 4.86. The lowest BCUT2D eigenvalue weighted by molar-refractivity contribution is 0.261. The van der Waals surface area contributed by atoms with Crippen LogP contribution in [0.4, 0.5) is 5.13 Å². The number of nitrogens with zero attached hydrogens (tertiary/aromatic N) is 4. The second kappa shape index (κ2) is 7.05. The van der Waals surface area contributed by atoms with Crippen molar-refractivity contribution < 1.29 is 0 Å². The van der Waals surface area contributed by atoms with E-state index in [1.807, 2.05) is 12.1 Å². The molecule has 1 aromatic heterocycles. The molecule has 0 bridgehead atoms. The highest BCUT2D eigenvalue weighted by atomic mass is 79.9. The third-order valence-electron chi connectivity index (χ3n) is 3.66. The number of benzene rings is 1. The molecule has 0 atom stereocenters. The van der Waals surface area contributed by atoms with Crippen LogP contribution in [0.5, 0.6) is 0 Å². The molecule has 2 heterocycles. The van der Waals surface area contributed by atoms with Crippen molar-refractivity contribution in [2.75, 3.05) is 37.6 Å². The van der Waals surface area contributed by atoms with E-state index >= 15 is 0 Å². The van der Waals surface area contributed by atoms with E-state index in [4.69, 9.17) is 11.6 Å². The number of anilines is 1. The third-order valence-corrected chi connectivity index (χ3v) is 5.28. The molecule has 1 aliphatic rings. The summed E-state index contributed by atoms with van der Waals surface area (Å²) in [4.78, 5) is 9.19. The predicted octanol–water partition coefficient (Wildman–Crippen LogP) is 3.32. The van der Waals surface area contributed by atoms with Crippen LogP contribution in [0.1, 0.15) is 5.56 Å². The minimum absolute atomic E-state index is 0.688. The van der Waals surface area contributed by atoms with Crippen LogP contribution in [0.3, 0.4) is 0 Å². The van der Waals surface area contributed by atoms with Gasteiger partial charge in [0.1, 0.15) is 0 Å². The lowest BCUT2D eigenvalue weighted by Crippen LogP contribution is -2.46. The zero-order valence-corrected chi connectivity index (χ0v) is 14.7. The zero-order chi connectivity index (χ0) is 14.7. The monoisotopic (exact) mass is 386 g/mol. The second-order valence-corrected chi connectivity index (χ2v) is 6.93. The molecule has 21 heavy (non-hydrogen) atoms. The summed E-state index contributed by atoms with van der Waals surface area (Å²) in [6.45, 7) is 5.27. The molecule has 2 aromatic rings. The third kappa shape index (κ3) is 4.16. The van der Waals surface area contributed by atoms with Gasteiger partial charge in [-0.3, -0.25) is 4.90 Å². The van der Waals surface area contributed by atoms with Crippen LogP contribution in [0.25, 0.3) is 0 Å². The zero-order valence-electron chi connectivity index (χ0n) is 11.5. The maximum Gasteiger partial charge on any atom is 0.210 e. The van der Waals surface area contributed by atoms with Crippen LogP contribution in [0, 0.1) is 0 Å². The first-order chi connectivity index (χ1) is 10.2. The van der Waals surface area contributed by atoms with Gasteiger partial charge in [0, 0.05) is 49.3 Å². The van der Waals surface area contributed by atoms with Crippen LogP contribution >= 0.6 is 39.1 Å². The number of hydrogen-bond donors (Lipinski definition) is 0. The van der Waals surface area contributed by atoms with Gasteiger partial charge in [0.05, 0.1) is 0 Å². The molecule has 0 radical (unpaired) electrons. The Hall–Kier alpha value is -0.690. The van der Waals surface area contributed by atoms with Gasteiger partial charge in [-0.05, 0) is 40.0 Å². The molecule has 0 aliphatic carbocycles. The fourth-order valence-electron chi connectivity index (χ4n) is 2.43. The Morgan fingerprint density at radius 2 is 1.86 bits per heavy atom. The molecule has 1 aliphatic heterocycles. The summed E-state index contributed by atoms with van der Waals surface area (Å²) in [7, 11) is 0. The van der Waals surface area contributed by atoms with E-state index < -0.39 is 0 Å². The highest BCUT2D eigenvalue weighted by Crippen LogP contribution is 2.21. The molecule has 1 fully saturated rings. The smallest absolute Gasteiger partial charge is 0.210 e. The quantitative estimate of drug-likeness (QED) is 0.805. The minimum atomic E-state index is 0.688. The van der Waals surface area contributed by atoms with E-state index in [-0.39, 0.29) is 0 Å². The van der Waals surface area contributed by atoms with E-state index in [0.29, 0.717) is 4.73 Å². The van der Waals surface area contributed by atoms with Gasteiger partial charge in [-0.2, -0.15) is 9.36 Å². The van der Waals surface area contributed by atoms with E-state index in [0.717, 1.165) is 49.3 Å². The Labute approximate surface area is 142 Å². The van der Waals surface area contributed by atoms with Crippen molar-refractivity contribution in [1.29, 1.82) is 0 Å². The molecule has 0 unspecified atom stereocenters. The molecule has 3 rings (SSSR count). The second-order valence-electron chi connectivity index (χ2n) is 5.05. The van der Waals surface area contributed by atoms with Crippen LogP contribution in [0.15, 0.2) is 29.0 Å². The van der Waals surface area contributed by atoms with Crippen LogP contribution in [-0.4, -0.2) is 47.0 Å². The van der Waals surface area contributed by atoms with E-state index in [9.17, 15) is 0 Å². The lowest BCUT2D eigenvalue weighted by Gasteiger charge is -2.34. The standard InChI is InChI=1S/C14H16BrClN4S/c15-13-17-14(21-18-13)20-9-7-19(8-10-20)6-5-11-1-3-12(16)4-2-11/h1-4H,5-10H2. The summed E-state index contributed by atoms with van der Waals surface area (Å²) in [6.07, 6.45) is 1.07. The maximum absolute atomic E-state index is 5.91. The predicted molar refractivity (Wildman–Crippen MR) is 91.4 cm³/mol. The van der Waals surface area contributed by atoms with Crippen molar-refractivity contribution in [1.82, 2.24) is 14.3 Å². The number of rotatable bonds is 4. The van der Waals surface area contributed by atoms with Crippen molar-refractivity contribution in [2.24, 2.45) is 0 Å². The van der Waals surface area contributed by atoms with Crippen LogP contribution in [-0.2, 0) is 6.42 Å². The van der Waals surface area contributed by atoms with E-state index in [2.05, 4.69) is 47.2 Å². The number of aromatic nitrogens is 2. The van der Waals surface area contributed by atoms with Gasteiger partial charge in [-0.15, -0.1) is 0 Å². The highest BCUT2D eigenvalue weighted by Gasteiger charge is 2.19. The van der Waals surface area contributed by atoms with Gasteiger partial charge in [0.25, 0.3) is 0 Å². The number of halogens is 2. The summed E-state index contributed by atoms with van der Waals surface area (Å²) in [5, 5.41) is 1.81. The molecule has 0 spiro atoms. The topological polar surface area (TPSA) is 32.3 Å². The Bertz CT molecular complexity index is 581. The Morgan fingerprint density at radius 3 is 2.48 bits per heavy atom. The lowest BCUT2D eigenvalue weighted by atomic mass is 10.1. The molecular weight excluding hydrogens is 372 g/mol. The van der Waals surface area contributed by atoms with Crippen molar-refractivity contribution in [3.05, 3.63) is 39.6 Å². The molecule has 1 aromatic carbocycles. The Kier molecular flexibility index (Phi) is 5.11. The summed E-state index contributed by atoms with van der Waals surface area (Å²) in [6, 6.07) is 8.14. The first-order valence-electron chi connectivity index (χ1n) is 6.92. The van der Waals surface area contributed by atoms with E-state index in [1.165, 1.54) is 17.1 Å². The molecule has 7 heteroatoms. The van der Waals surface area contributed by atoms with E-state index in [1.54, 1.807) is 0 Å². The maximum atomic E-state index is 5.91. The molecule has 4 nitrogen and oxygen atoms in total. The number of piperazine rings is 1. The van der Waals surface area contributed by atoms with Gasteiger partial charge < -0.3 is 4.90 Å². The molecule has 0 saturated carbocycles. The summed E-state index contributed by atoms with van der Waals surface area (Å²) in [5.41, 5.74) is 1.34. The molecule has 0 N–H and O–H groups in total. The van der Waals surface area contributed by atoms with Gasteiger partial charge >= 0.3 is 0 Å². The normalized spacial score (nSPS) is 16.4. The van der Waals surface area contributed by atoms with Crippen LogP contribution in [0.2, 0.25) is 5.02 Å². The van der Waals surface area contributed by atoms with Crippen molar-refractivity contribution in [3.63, 3.8) is 0 Å². The molecule has 0 amide bonds. The van der Waals surface area contributed by atoms with Crippen LogP contribution < -0.4 is 4.90 Å². The Morgan fingerprint density at radius 1 is 1.14 bits per heavy atom. The fraction of sp³-hybridized carbons (Fsp3) is 0.429. The van der Waals surface area contributed by atoms with Crippen molar-refractivity contribution in [2.45, 2.75) is 6.42 Å². The molecule has 112 valence electrons.